The van der Waals surface area contributed by atoms with Crippen molar-refractivity contribution < 1.29 is 4.79 Å². The maximum absolute atomic E-state index is 12.0. The zero-order chi connectivity index (χ0) is 13.1. The van der Waals surface area contributed by atoms with E-state index in [0.29, 0.717) is 22.1 Å². The molecule has 2 rings (SSSR count). The molecule has 0 radical (unpaired) electrons. The first-order valence-electron chi connectivity index (χ1n) is 5.37. The molecule has 5 heteroatoms. The molecule has 0 spiro atoms. The number of pyridine rings is 1. The van der Waals surface area contributed by atoms with Gasteiger partial charge in [-0.3, -0.25) is 4.79 Å². The molecule has 1 aromatic heterocycles. The number of hydrogen-bond acceptors (Lipinski definition) is 3. The van der Waals surface area contributed by atoms with Gasteiger partial charge in [0.25, 0.3) is 5.91 Å². The molecule has 1 heterocycles. The molecule has 3 N–H and O–H groups in total. The van der Waals surface area contributed by atoms with E-state index in [-0.39, 0.29) is 5.91 Å². The van der Waals surface area contributed by atoms with Gasteiger partial charge in [0.15, 0.2) is 0 Å². The predicted octanol–water partition coefficient (Wildman–Crippen LogP) is 2.88. The molecule has 1 aromatic carbocycles. The third kappa shape index (κ3) is 2.60. The molecule has 0 saturated carbocycles. The van der Waals surface area contributed by atoms with Crippen molar-refractivity contribution in [2.24, 2.45) is 0 Å². The van der Waals surface area contributed by atoms with Gasteiger partial charge >= 0.3 is 0 Å². The highest BCUT2D eigenvalue weighted by molar-refractivity contribution is 6.34. The summed E-state index contributed by atoms with van der Waals surface area (Å²) >= 11 is 5.98. The van der Waals surface area contributed by atoms with E-state index in [1.807, 2.05) is 13.0 Å². The summed E-state index contributed by atoms with van der Waals surface area (Å²) in [6.45, 7) is 1.82. The maximum atomic E-state index is 12.0. The molecule has 2 aromatic rings. The highest BCUT2D eigenvalue weighted by Crippen LogP contribution is 2.28. The number of nitrogen functional groups attached to an aromatic ring is 1. The largest absolute Gasteiger partial charge is 0.397 e. The fraction of sp³-hybridized carbons (Fsp3) is 0.0769. The number of amides is 1. The fourth-order valence-electron chi connectivity index (χ4n) is 1.52. The van der Waals surface area contributed by atoms with E-state index in [9.17, 15) is 4.79 Å². The number of hydrogen-bond donors (Lipinski definition) is 2. The molecule has 0 aliphatic heterocycles. The van der Waals surface area contributed by atoms with Crippen LogP contribution >= 0.6 is 11.6 Å². The summed E-state index contributed by atoms with van der Waals surface area (Å²) in [5.74, 6) is -0.335. The number of nitrogens with two attached hydrogens (primary N) is 1. The van der Waals surface area contributed by atoms with Crippen molar-refractivity contribution in [1.82, 2.24) is 4.98 Å². The Morgan fingerprint density at radius 3 is 2.67 bits per heavy atom. The molecule has 0 aliphatic rings. The lowest BCUT2D eigenvalue weighted by Gasteiger charge is -2.09. The number of benzene rings is 1. The number of aryl methyl sites for hydroxylation is 1. The zero-order valence-corrected chi connectivity index (χ0v) is 10.5. The van der Waals surface area contributed by atoms with Gasteiger partial charge in [-0.05, 0) is 31.2 Å². The Balaban J connectivity index is 2.27. The minimum absolute atomic E-state index is 0.328. The number of carbonyl (C=O) groups is 1. The monoisotopic (exact) mass is 261 g/mol. The van der Waals surface area contributed by atoms with E-state index in [1.165, 1.54) is 0 Å². The molecule has 0 saturated heterocycles. The Hall–Kier alpha value is -2.07. The molecule has 18 heavy (non-hydrogen) atoms. The number of aromatic nitrogens is 1. The van der Waals surface area contributed by atoms with Crippen molar-refractivity contribution in [3.63, 3.8) is 0 Å². The van der Waals surface area contributed by atoms with Crippen LogP contribution in [0.1, 0.15) is 16.2 Å². The highest BCUT2D eigenvalue weighted by Gasteiger charge is 2.11. The van der Waals surface area contributed by atoms with Crippen molar-refractivity contribution in [2.75, 3.05) is 11.1 Å². The number of para-hydroxylation sites is 1. The van der Waals surface area contributed by atoms with E-state index in [0.717, 1.165) is 5.69 Å². The van der Waals surface area contributed by atoms with Crippen LogP contribution < -0.4 is 11.1 Å². The van der Waals surface area contributed by atoms with E-state index >= 15 is 0 Å². The van der Waals surface area contributed by atoms with Gasteiger partial charge in [-0.2, -0.15) is 0 Å². The Morgan fingerprint density at radius 1 is 1.28 bits per heavy atom. The molecule has 0 bridgehead atoms. The first kappa shape index (κ1) is 12.4. The lowest BCUT2D eigenvalue weighted by molar-refractivity contribution is 0.102. The van der Waals surface area contributed by atoms with Crippen molar-refractivity contribution in [2.45, 2.75) is 6.92 Å². The first-order chi connectivity index (χ1) is 8.58. The highest BCUT2D eigenvalue weighted by atomic mass is 35.5. The second kappa shape index (κ2) is 5.06. The van der Waals surface area contributed by atoms with Crippen LogP contribution in [-0.4, -0.2) is 10.9 Å². The third-order valence-corrected chi connectivity index (χ3v) is 2.72. The van der Waals surface area contributed by atoms with E-state index in [2.05, 4.69) is 10.3 Å². The molecule has 0 atom stereocenters. The lowest BCUT2D eigenvalue weighted by Crippen LogP contribution is -2.15. The van der Waals surface area contributed by atoms with Crippen molar-refractivity contribution in [1.29, 1.82) is 0 Å². The lowest BCUT2D eigenvalue weighted by atomic mass is 10.2. The SMILES string of the molecule is Cc1cccc(C(=O)Nc2c(N)cccc2Cl)n1. The van der Waals surface area contributed by atoms with Crippen LogP contribution in [0.3, 0.4) is 0 Å². The van der Waals surface area contributed by atoms with Gasteiger partial charge < -0.3 is 11.1 Å². The standard InChI is InChI=1S/C13H12ClN3O/c1-8-4-2-7-11(16-8)13(18)17-12-9(14)5-3-6-10(12)15/h2-7H,15H2,1H3,(H,17,18). The molecule has 1 amide bonds. The third-order valence-electron chi connectivity index (χ3n) is 2.41. The Bertz CT molecular complexity index is 578. The average Bonchev–Trinajstić information content (AvgIpc) is 2.34. The maximum Gasteiger partial charge on any atom is 0.274 e. The first-order valence-corrected chi connectivity index (χ1v) is 5.74. The van der Waals surface area contributed by atoms with Crippen LogP contribution in [0.2, 0.25) is 5.02 Å². The summed E-state index contributed by atoms with van der Waals surface area (Å²) in [5.41, 5.74) is 7.69. The number of halogens is 1. The summed E-state index contributed by atoms with van der Waals surface area (Å²) in [4.78, 5) is 16.1. The minimum atomic E-state index is -0.335. The topological polar surface area (TPSA) is 68.0 Å². The van der Waals surface area contributed by atoms with Gasteiger partial charge in [0, 0.05) is 5.69 Å². The molecule has 0 fully saturated rings. The predicted molar refractivity (Wildman–Crippen MR) is 72.8 cm³/mol. The number of nitrogens with zero attached hydrogens (tertiary/aromatic N) is 1. The Labute approximate surface area is 110 Å². The fourth-order valence-corrected chi connectivity index (χ4v) is 1.75. The van der Waals surface area contributed by atoms with Crippen LogP contribution in [0.15, 0.2) is 36.4 Å². The Morgan fingerprint density at radius 2 is 2.00 bits per heavy atom. The summed E-state index contributed by atoms with van der Waals surface area (Å²) in [7, 11) is 0. The number of nitrogens with one attached hydrogen (secondary N) is 1. The van der Waals surface area contributed by atoms with Crippen molar-refractivity contribution in [3.05, 3.63) is 52.8 Å². The minimum Gasteiger partial charge on any atom is -0.397 e. The van der Waals surface area contributed by atoms with Crippen molar-refractivity contribution >= 4 is 28.9 Å². The molecule has 0 unspecified atom stereocenters. The second-order valence-corrected chi connectivity index (χ2v) is 4.23. The van der Waals surface area contributed by atoms with E-state index in [4.69, 9.17) is 17.3 Å². The van der Waals surface area contributed by atoms with Crippen molar-refractivity contribution in [3.8, 4) is 0 Å². The summed E-state index contributed by atoms with van der Waals surface area (Å²) < 4.78 is 0. The van der Waals surface area contributed by atoms with Gasteiger partial charge in [-0.25, -0.2) is 4.98 Å². The van der Waals surface area contributed by atoms with Crippen LogP contribution in [0.5, 0.6) is 0 Å². The van der Waals surface area contributed by atoms with Gasteiger partial charge in [0.1, 0.15) is 5.69 Å². The number of anilines is 2. The van der Waals surface area contributed by atoms with Crippen LogP contribution in [-0.2, 0) is 0 Å². The van der Waals surface area contributed by atoms with Crippen LogP contribution in [0.4, 0.5) is 11.4 Å². The molecule has 4 nitrogen and oxygen atoms in total. The quantitative estimate of drug-likeness (QED) is 0.817. The van der Waals surface area contributed by atoms with Gasteiger partial charge in [0.2, 0.25) is 0 Å². The molecule has 92 valence electrons. The summed E-state index contributed by atoms with van der Waals surface area (Å²) in [6.07, 6.45) is 0. The van der Waals surface area contributed by atoms with E-state index < -0.39 is 0 Å². The normalized spacial score (nSPS) is 10.1. The summed E-state index contributed by atoms with van der Waals surface area (Å²) in [6, 6.07) is 10.3. The van der Waals surface area contributed by atoms with Crippen LogP contribution in [0.25, 0.3) is 0 Å². The molecular formula is C13H12ClN3O. The molecular weight excluding hydrogens is 250 g/mol. The van der Waals surface area contributed by atoms with Gasteiger partial charge in [0.05, 0.1) is 16.4 Å². The number of carbonyl (C=O) groups excluding carboxylic acids is 1. The Kier molecular flexibility index (Phi) is 3.48. The smallest absolute Gasteiger partial charge is 0.274 e. The van der Waals surface area contributed by atoms with E-state index in [1.54, 1.807) is 30.3 Å². The molecule has 0 aliphatic carbocycles. The second-order valence-electron chi connectivity index (χ2n) is 3.82. The average molecular weight is 262 g/mol. The zero-order valence-electron chi connectivity index (χ0n) is 9.77. The van der Waals surface area contributed by atoms with Gasteiger partial charge in [-0.1, -0.05) is 23.7 Å². The number of rotatable bonds is 2. The van der Waals surface area contributed by atoms with Gasteiger partial charge in [-0.15, -0.1) is 0 Å². The van der Waals surface area contributed by atoms with Crippen LogP contribution in [0, 0.1) is 6.92 Å². The summed E-state index contributed by atoms with van der Waals surface area (Å²) in [5, 5.41) is 3.06.